The summed E-state index contributed by atoms with van der Waals surface area (Å²) >= 11 is 12.0. The smallest absolute Gasteiger partial charge is 0.273 e. The molecule has 3 aromatic rings. The Morgan fingerprint density at radius 1 is 1.12 bits per heavy atom. The molecule has 2 aromatic carbocycles. The van der Waals surface area contributed by atoms with Crippen molar-refractivity contribution in [3.8, 4) is 5.69 Å². The third-order valence-electron chi connectivity index (χ3n) is 4.12. The van der Waals surface area contributed by atoms with E-state index >= 15 is 0 Å². The van der Waals surface area contributed by atoms with Crippen molar-refractivity contribution in [1.82, 2.24) is 20.3 Å². The number of hydrogen-bond acceptors (Lipinski definition) is 3. The summed E-state index contributed by atoms with van der Waals surface area (Å²) in [5.74, 6) is -0.249. The standard InChI is InChI=1S/C19H18Cl2N4O/c1-12-3-8-16(11-17(12)21)25-13(2)18(23-24-25)19(26)22-10-9-14-4-6-15(20)7-5-14/h3-8,11H,9-10H2,1-2H3,(H,22,26). The highest BCUT2D eigenvalue weighted by atomic mass is 35.5. The predicted molar refractivity (Wildman–Crippen MR) is 103 cm³/mol. The lowest BCUT2D eigenvalue weighted by Crippen LogP contribution is -2.26. The van der Waals surface area contributed by atoms with Crippen molar-refractivity contribution in [2.75, 3.05) is 6.54 Å². The van der Waals surface area contributed by atoms with Crippen LogP contribution in [0.25, 0.3) is 5.69 Å². The van der Waals surface area contributed by atoms with Crippen LogP contribution in [0.4, 0.5) is 0 Å². The summed E-state index contributed by atoms with van der Waals surface area (Å²) in [6.45, 7) is 4.24. The molecule has 0 spiro atoms. The molecular formula is C19H18Cl2N4O. The van der Waals surface area contributed by atoms with Crippen LogP contribution in [0, 0.1) is 13.8 Å². The van der Waals surface area contributed by atoms with E-state index in [0.29, 0.717) is 34.4 Å². The molecule has 0 unspecified atom stereocenters. The molecule has 0 aliphatic rings. The lowest BCUT2D eigenvalue weighted by atomic mass is 10.1. The molecule has 1 aromatic heterocycles. The van der Waals surface area contributed by atoms with Crippen molar-refractivity contribution >= 4 is 29.1 Å². The number of hydrogen-bond donors (Lipinski definition) is 1. The average molecular weight is 389 g/mol. The summed E-state index contributed by atoms with van der Waals surface area (Å²) in [4.78, 5) is 12.4. The van der Waals surface area contributed by atoms with Gasteiger partial charge >= 0.3 is 0 Å². The van der Waals surface area contributed by atoms with Crippen LogP contribution in [0.5, 0.6) is 0 Å². The van der Waals surface area contributed by atoms with Gasteiger partial charge in [-0.15, -0.1) is 5.10 Å². The van der Waals surface area contributed by atoms with Crippen LogP contribution in [-0.4, -0.2) is 27.4 Å². The fourth-order valence-corrected chi connectivity index (χ4v) is 2.85. The van der Waals surface area contributed by atoms with Crippen molar-refractivity contribution in [2.45, 2.75) is 20.3 Å². The van der Waals surface area contributed by atoms with Crippen LogP contribution >= 0.6 is 23.2 Å². The maximum Gasteiger partial charge on any atom is 0.273 e. The van der Waals surface area contributed by atoms with Crippen molar-refractivity contribution in [3.63, 3.8) is 0 Å². The Bertz CT molecular complexity index is 935. The van der Waals surface area contributed by atoms with Gasteiger partial charge in [-0.25, -0.2) is 4.68 Å². The molecule has 3 rings (SSSR count). The van der Waals surface area contributed by atoms with Gasteiger partial charge in [0.05, 0.1) is 11.4 Å². The minimum absolute atomic E-state index is 0.249. The molecular weight excluding hydrogens is 371 g/mol. The first kappa shape index (κ1) is 18.4. The first-order chi connectivity index (χ1) is 12.5. The Morgan fingerprint density at radius 2 is 1.85 bits per heavy atom. The third kappa shape index (κ3) is 4.06. The number of rotatable bonds is 5. The first-order valence-electron chi connectivity index (χ1n) is 8.17. The molecule has 1 N–H and O–H groups in total. The summed E-state index contributed by atoms with van der Waals surface area (Å²) in [7, 11) is 0. The van der Waals surface area contributed by atoms with Gasteiger partial charge in [0.2, 0.25) is 0 Å². The second-order valence-electron chi connectivity index (χ2n) is 6.00. The van der Waals surface area contributed by atoms with E-state index in [1.807, 2.05) is 50.2 Å². The van der Waals surface area contributed by atoms with E-state index in [0.717, 1.165) is 16.8 Å². The highest BCUT2D eigenvalue weighted by molar-refractivity contribution is 6.31. The normalized spacial score (nSPS) is 10.8. The van der Waals surface area contributed by atoms with Gasteiger partial charge in [-0.05, 0) is 55.7 Å². The summed E-state index contributed by atoms with van der Waals surface area (Å²) in [5.41, 5.74) is 3.82. The van der Waals surface area contributed by atoms with Crippen molar-refractivity contribution < 1.29 is 4.79 Å². The van der Waals surface area contributed by atoms with Crippen LogP contribution in [0.3, 0.4) is 0 Å². The second kappa shape index (κ2) is 7.89. The van der Waals surface area contributed by atoms with E-state index in [1.165, 1.54) is 0 Å². The number of halogens is 2. The Labute approximate surface area is 161 Å². The maximum absolute atomic E-state index is 12.4. The molecule has 1 amide bonds. The van der Waals surface area contributed by atoms with Crippen molar-refractivity contribution in [1.29, 1.82) is 0 Å². The zero-order chi connectivity index (χ0) is 18.7. The van der Waals surface area contributed by atoms with Crippen LogP contribution in [-0.2, 0) is 6.42 Å². The third-order valence-corrected chi connectivity index (χ3v) is 4.78. The second-order valence-corrected chi connectivity index (χ2v) is 6.84. The van der Waals surface area contributed by atoms with Gasteiger partial charge in [-0.1, -0.05) is 46.6 Å². The molecule has 0 saturated carbocycles. The number of aryl methyl sites for hydroxylation is 1. The van der Waals surface area contributed by atoms with Gasteiger partial charge in [-0.3, -0.25) is 4.79 Å². The number of aromatic nitrogens is 3. The largest absolute Gasteiger partial charge is 0.350 e. The summed E-state index contributed by atoms with van der Waals surface area (Å²) in [6, 6.07) is 13.2. The molecule has 0 saturated heterocycles. The molecule has 0 radical (unpaired) electrons. The van der Waals surface area contributed by atoms with Crippen LogP contribution in [0.1, 0.15) is 27.3 Å². The molecule has 0 aliphatic heterocycles. The molecule has 134 valence electrons. The van der Waals surface area contributed by atoms with Gasteiger partial charge in [-0.2, -0.15) is 0 Å². The maximum atomic E-state index is 12.4. The quantitative estimate of drug-likeness (QED) is 0.713. The van der Waals surface area contributed by atoms with Crippen molar-refractivity contribution in [3.05, 3.63) is 75.0 Å². The zero-order valence-corrected chi connectivity index (χ0v) is 16.0. The molecule has 0 aliphatic carbocycles. The van der Waals surface area contributed by atoms with Crippen LogP contribution in [0.2, 0.25) is 10.0 Å². The fraction of sp³-hybridized carbons (Fsp3) is 0.211. The van der Waals surface area contributed by atoms with Gasteiger partial charge in [0.15, 0.2) is 5.69 Å². The Hall–Kier alpha value is -2.37. The minimum Gasteiger partial charge on any atom is -0.350 e. The summed E-state index contributed by atoms with van der Waals surface area (Å²) in [5, 5.41) is 12.3. The number of carbonyl (C=O) groups is 1. The van der Waals surface area contributed by atoms with E-state index < -0.39 is 0 Å². The molecule has 0 fully saturated rings. The zero-order valence-electron chi connectivity index (χ0n) is 14.5. The van der Waals surface area contributed by atoms with E-state index in [2.05, 4.69) is 15.6 Å². The highest BCUT2D eigenvalue weighted by Gasteiger charge is 2.17. The first-order valence-corrected chi connectivity index (χ1v) is 8.93. The van der Waals surface area contributed by atoms with Crippen LogP contribution < -0.4 is 5.32 Å². The molecule has 1 heterocycles. The van der Waals surface area contributed by atoms with Gasteiger partial charge in [0, 0.05) is 16.6 Å². The monoisotopic (exact) mass is 388 g/mol. The number of benzene rings is 2. The SMILES string of the molecule is Cc1ccc(-n2nnc(C(=O)NCCc3ccc(Cl)cc3)c2C)cc1Cl. The van der Waals surface area contributed by atoms with Crippen LogP contribution in [0.15, 0.2) is 42.5 Å². The average Bonchev–Trinajstić information content (AvgIpc) is 3.00. The van der Waals surface area contributed by atoms with E-state index in [1.54, 1.807) is 10.7 Å². The van der Waals surface area contributed by atoms with E-state index in [-0.39, 0.29) is 5.91 Å². The molecule has 7 heteroatoms. The molecule has 0 bridgehead atoms. The lowest BCUT2D eigenvalue weighted by molar-refractivity contribution is 0.0948. The van der Waals surface area contributed by atoms with E-state index in [9.17, 15) is 4.79 Å². The number of carbonyl (C=O) groups excluding carboxylic acids is 1. The molecule has 0 atom stereocenters. The Balaban J connectivity index is 1.67. The summed E-state index contributed by atoms with van der Waals surface area (Å²) in [6.07, 6.45) is 0.712. The highest BCUT2D eigenvalue weighted by Crippen LogP contribution is 2.20. The number of amides is 1. The van der Waals surface area contributed by atoms with Crippen molar-refractivity contribution in [2.24, 2.45) is 0 Å². The Kier molecular flexibility index (Phi) is 5.59. The fourth-order valence-electron chi connectivity index (χ4n) is 2.55. The molecule has 26 heavy (non-hydrogen) atoms. The molecule has 5 nitrogen and oxygen atoms in total. The summed E-state index contributed by atoms with van der Waals surface area (Å²) < 4.78 is 1.61. The Morgan fingerprint density at radius 3 is 2.54 bits per heavy atom. The topological polar surface area (TPSA) is 59.8 Å². The van der Waals surface area contributed by atoms with E-state index in [4.69, 9.17) is 23.2 Å². The lowest BCUT2D eigenvalue weighted by Gasteiger charge is -2.07. The van der Waals surface area contributed by atoms with Gasteiger partial charge < -0.3 is 5.32 Å². The number of nitrogens with one attached hydrogen (secondary N) is 1. The predicted octanol–water partition coefficient (Wildman–Crippen LogP) is 4.16. The number of nitrogens with zero attached hydrogens (tertiary/aromatic N) is 3. The van der Waals surface area contributed by atoms with Gasteiger partial charge in [0.25, 0.3) is 5.91 Å². The van der Waals surface area contributed by atoms with Gasteiger partial charge in [0.1, 0.15) is 0 Å². The minimum atomic E-state index is -0.249.